The van der Waals surface area contributed by atoms with Gasteiger partial charge in [0.1, 0.15) is 29.7 Å². The highest BCUT2D eigenvalue weighted by Gasteiger charge is 2.18. The van der Waals surface area contributed by atoms with E-state index in [1.807, 2.05) is 41.3 Å². The molecular formula is C29H27FN2O4S. The van der Waals surface area contributed by atoms with Crippen LogP contribution in [0.15, 0.2) is 78.9 Å². The van der Waals surface area contributed by atoms with Crippen molar-refractivity contribution in [2.45, 2.75) is 6.42 Å². The number of fused-ring (bicyclic) bond motifs is 1. The Kier molecular flexibility index (Phi) is 7.67. The van der Waals surface area contributed by atoms with E-state index in [1.165, 1.54) is 23.5 Å². The number of amides is 1. The first-order chi connectivity index (χ1) is 18.1. The number of carbonyl (C=O) groups is 1. The Morgan fingerprint density at radius 1 is 1.05 bits per heavy atom. The Bertz CT molecular complexity index is 1400. The van der Waals surface area contributed by atoms with Gasteiger partial charge in [-0.2, -0.15) is 0 Å². The molecule has 0 spiro atoms. The van der Waals surface area contributed by atoms with Gasteiger partial charge >= 0.3 is 0 Å². The fraction of sp³-hybridized carbons (Fsp3) is 0.207. The van der Waals surface area contributed by atoms with Crippen LogP contribution < -0.4 is 14.8 Å². The average molecular weight is 519 g/mol. The van der Waals surface area contributed by atoms with E-state index in [2.05, 4.69) is 5.32 Å². The molecule has 1 aliphatic rings. The maximum atomic E-state index is 13.5. The van der Waals surface area contributed by atoms with Gasteiger partial charge in [-0.3, -0.25) is 4.79 Å². The molecule has 1 aromatic heterocycles. The molecule has 1 fully saturated rings. The second kappa shape index (κ2) is 11.5. The van der Waals surface area contributed by atoms with Gasteiger partial charge in [-0.15, -0.1) is 11.3 Å². The Balaban J connectivity index is 1.18. The third-order valence-corrected chi connectivity index (χ3v) is 7.20. The zero-order chi connectivity index (χ0) is 25.6. The van der Waals surface area contributed by atoms with Gasteiger partial charge in [-0.25, -0.2) is 4.39 Å². The first-order valence-corrected chi connectivity index (χ1v) is 13.0. The summed E-state index contributed by atoms with van der Waals surface area (Å²) in [6, 6.07) is 18.8. The minimum Gasteiger partial charge on any atom is -0.508 e. The number of likely N-dealkylation sites (tertiary alicyclic amines) is 1. The van der Waals surface area contributed by atoms with Crippen molar-refractivity contribution in [2.24, 2.45) is 0 Å². The van der Waals surface area contributed by atoms with Crippen LogP contribution in [-0.4, -0.2) is 48.7 Å². The van der Waals surface area contributed by atoms with Gasteiger partial charge in [0, 0.05) is 42.3 Å². The third-order valence-electron chi connectivity index (χ3n) is 6.02. The van der Waals surface area contributed by atoms with E-state index in [1.54, 1.807) is 30.3 Å². The number of phenolic OH excluding ortho intramolecular Hbond substituents is 1. The van der Waals surface area contributed by atoms with Gasteiger partial charge in [0.2, 0.25) is 5.91 Å². The first-order valence-electron chi connectivity index (χ1n) is 12.2. The molecule has 0 bridgehead atoms. The van der Waals surface area contributed by atoms with Crippen LogP contribution in [0.1, 0.15) is 6.42 Å². The lowest BCUT2D eigenvalue weighted by atomic mass is 10.1. The number of benzene rings is 3. The number of nitrogens with zero attached hydrogens (tertiary/aromatic N) is 1. The molecule has 37 heavy (non-hydrogen) atoms. The third kappa shape index (κ3) is 6.10. The Hall–Kier alpha value is -3.88. The lowest BCUT2D eigenvalue weighted by Crippen LogP contribution is -2.41. The molecule has 2 N–H and O–H groups in total. The summed E-state index contributed by atoms with van der Waals surface area (Å²) in [5.74, 6) is 1.97. The monoisotopic (exact) mass is 518 g/mol. The van der Waals surface area contributed by atoms with Crippen LogP contribution in [0.25, 0.3) is 20.5 Å². The summed E-state index contributed by atoms with van der Waals surface area (Å²) in [6.07, 6.45) is 4.55. The summed E-state index contributed by atoms with van der Waals surface area (Å²) in [5, 5.41) is 14.0. The molecule has 1 aliphatic heterocycles. The molecule has 1 amide bonds. The van der Waals surface area contributed by atoms with E-state index < -0.39 is 0 Å². The summed E-state index contributed by atoms with van der Waals surface area (Å²) >= 11 is 1.48. The van der Waals surface area contributed by atoms with E-state index in [-0.39, 0.29) is 17.5 Å². The Morgan fingerprint density at radius 2 is 1.81 bits per heavy atom. The highest BCUT2D eigenvalue weighted by molar-refractivity contribution is 7.22. The molecule has 3 aromatic carbocycles. The molecule has 8 heteroatoms. The molecule has 190 valence electrons. The van der Waals surface area contributed by atoms with E-state index >= 15 is 0 Å². The van der Waals surface area contributed by atoms with E-state index in [9.17, 15) is 14.3 Å². The topological polar surface area (TPSA) is 71.0 Å². The van der Waals surface area contributed by atoms with Crippen molar-refractivity contribution in [3.05, 3.63) is 84.7 Å². The number of halogens is 1. The summed E-state index contributed by atoms with van der Waals surface area (Å²) in [7, 11) is 0. The molecule has 0 unspecified atom stereocenters. The molecule has 0 saturated carbocycles. The van der Waals surface area contributed by atoms with Crippen LogP contribution in [0.5, 0.6) is 23.0 Å². The fourth-order valence-electron chi connectivity index (χ4n) is 3.90. The first kappa shape index (κ1) is 24.8. The molecule has 5 rings (SSSR count). The van der Waals surface area contributed by atoms with Gasteiger partial charge in [-0.05, 0) is 66.6 Å². The lowest BCUT2D eigenvalue weighted by Gasteiger charge is -2.29. The number of ether oxygens (including phenoxy) is 2. The quantitative estimate of drug-likeness (QED) is 0.200. The SMILES string of the molecule is O=C(/C=C/CNCCOc1ccc(Oc2c(-c3ccc(F)cc3)sc3cc(O)ccc23)cc1)N1CCC1. The lowest BCUT2D eigenvalue weighted by molar-refractivity contribution is -0.129. The number of hydrogen-bond donors (Lipinski definition) is 2. The smallest absolute Gasteiger partial charge is 0.246 e. The van der Waals surface area contributed by atoms with Crippen LogP contribution >= 0.6 is 11.3 Å². The minimum absolute atomic E-state index is 0.0741. The molecular weight excluding hydrogens is 491 g/mol. The summed E-state index contributed by atoms with van der Waals surface area (Å²) < 4.78 is 26.5. The second-order valence-electron chi connectivity index (χ2n) is 8.65. The van der Waals surface area contributed by atoms with E-state index in [0.717, 1.165) is 45.8 Å². The second-order valence-corrected chi connectivity index (χ2v) is 9.71. The van der Waals surface area contributed by atoms with E-state index in [4.69, 9.17) is 9.47 Å². The van der Waals surface area contributed by atoms with Gasteiger partial charge in [0.25, 0.3) is 0 Å². The van der Waals surface area contributed by atoms with Gasteiger partial charge < -0.3 is 24.8 Å². The Morgan fingerprint density at radius 3 is 2.54 bits per heavy atom. The average Bonchev–Trinajstić information content (AvgIpc) is 3.21. The van der Waals surface area contributed by atoms with Gasteiger partial charge in [-0.1, -0.05) is 18.2 Å². The Labute approximate surface area is 218 Å². The number of phenols is 1. The molecule has 0 aliphatic carbocycles. The largest absolute Gasteiger partial charge is 0.508 e. The number of rotatable bonds is 10. The van der Waals surface area contributed by atoms with E-state index in [0.29, 0.717) is 31.2 Å². The zero-order valence-corrected chi connectivity index (χ0v) is 21.0. The zero-order valence-electron chi connectivity index (χ0n) is 20.2. The molecule has 6 nitrogen and oxygen atoms in total. The normalized spacial score (nSPS) is 13.2. The standard InChI is InChI=1S/C29H27FN2O4S/c30-21-6-4-20(5-7-21)29-28(25-13-8-22(33)19-26(25)37-29)36-24-11-9-23(10-12-24)35-18-15-31-14-1-3-27(34)32-16-2-17-32/h1,3-13,19,31,33H,2,14-18H2/b3-1+. The number of aromatic hydroxyl groups is 1. The number of nitrogens with one attached hydrogen (secondary N) is 1. The van der Waals surface area contributed by atoms with Crippen molar-refractivity contribution in [3.63, 3.8) is 0 Å². The van der Waals surface area contributed by atoms with Crippen molar-refractivity contribution < 1.29 is 23.8 Å². The van der Waals surface area contributed by atoms with Crippen molar-refractivity contribution in [1.82, 2.24) is 10.2 Å². The number of carbonyl (C=O) groups excluding carboxylic acids is 1. The van der Waals surface area contributed by atoms with Crippen molar-refractivity contribution in [2.75, 3.05) is 32.8 Å². The molecule has 4 aromatic rings. The molecule has 0 atom stereocenters. The minimum atomic E-state index is -0.301. The van der Waals surface area contributed by atoms with Gasteiger partial charge in [0.15, 0.2) is 5.75 Å². The van der Waals surface area contributed by atoms with Crippen molar-refractivity contribution in [3.8, 4) is 33.4 Å². The maximum absolute atomic E-state index is 13.5. The molecule has 0 radical (unpaired) electrons. The summed E-state index contributed by atoms with van der Waals surface area (Å²) in [6.45, 7) is 3.46. The van der Waals surface area contributed by atoms with Crippen LogP contribution in [0, 0.1) is 5.82 Å². The van der Waals surface area contributed by atoms with Crippen LogP contribution in [0.3, 0.4) is 0 Å². The van der Waals surface area contributed by atoms with Crippen molar-refractivity contribution >= 4 is 27.3 Å². The van der Waals surface area contributed by atoms with Crippen LogP contribution in [0.2, 0.25) is 0 Å². The fourth-order valence-corrected chi connectivity index (χ4v) is 5.07. The predicted molar refractivity (Wildman–Crippen MR) is 144 cm³/mol. The number of thiophene rings is 1. The molecule has 1 saturated heterocycles. The van der Waals surface area contributed by atoms with Crippen LogP contribution in [0.4, 0.5) is 4.39 Å². The predicted octanol–water partition coefficient (Wildman–Crippen LogP) is 5.96. The highest BCUT2D eigenvalue weighted by Crippen LogP contribution is 2.47. The summed E-state index contributed by atoms with van der Waals surface area (Å²) in [5.41, 5.74) is 0.837. The number of hydrogen-bond acceptors (Lipinski definition) is 6. The highest BCUT2D eigenvalue weighted by atomic mass is 32.1. The maximum Gasteiger partial charge on any atom is 0.246 e. The van der Waals surface area contributed by atoms with Gasteiger partial charge in [0.05, 0.1) is 4.88 Å². The van der Waals surface area contributed by atoms with Crippen LogP contribution in [-0.2, 0) is 4.79 Å². The van der Waals surface area contributed by atoms with Crippen molar-refractivity contribution in [1.29, 1.82) is 0 Å². The summed E-state index contributed by atoms with van der Waals surface area (Å²) in [4.78, 5) is 14.4. The molecule has 2 heterocycles.